The van der Waals surface area contributed by atoms with Gasteiger partial charge in [-0.1, -0.05) is 13.8 Å². The van der Waals surface area contributed by atoms with Crippen molar-refractivity contribution in [1.82, 2.24) is 0 Å². The molecule has 0 spiro atoms. The highest BCUT2D eigenvalue weighted by Gasteiger charge is 2.18. The third-order valence-electron chi connectivity index (χ3n) is 2.49. The van der Waals surface area contributed by atoms with Crippen molar-refractivity contribution in [1.29, 1.82) is 0 Å². The molecule has 5 nitrogen and oxygen atoms in total. The first-order chi connectivity index (χ1) is 7.91. The SMILES string of the molecule is CC(C)c1oc2cc(O)cc(O)c2c(=O)c1O. The lowest BCUT2D eigenvalue weighted by Crippen LogP contribution is -2.05. The van der Waals surface area contributed by atoms with Crippen LogP contribution < -0.4 is 5.43 Å². The van der Waals surface area contributed by atoms with Gasteiger partial charge in [0.1, 0.15) is 22.5 Å². The molecular formula is C12H12O5. The van der Waals surface area contributed by atoms with Gasteiger partial charge in [0.2, 0.25) is 11.2 Å². The number of aromatic hydroxyl groups is 3. The summed E-state index contributed by atoms with van der Waals surface area (Å²) in [5.41, 5.74) is -0.651. The number of phenols is 2. The smallest absolute Gasteiger partial charge is 0.238 e. The van der Waals surface area contributed by atoms with E-state index >= 15 is 0 Å². The fourth-order valence-corrected chi connectivity index (χ4v) is 1.68. The summed E-state index contributed by atoms with van der Waals surface area (Å²) in [5, 5.41) is 28.4. The zero-order valence-corrected chi connectivity index (χ0v) is 9.39. The Morgan fingerprint density at radius 2 is 1.82 bits per heavy atom. The number of rotatable bonds is 1. The minimum atomic E-state index is -0.701. The monoisotopic (exact) mass is 236 g/mol. The third kappa shape index (κ3) is 1.69. The maximum atomic E-state index is 11.8. The van der Waals surface area contributed by atoms with Crippen molar-refractivity contribution in [2.24, 2.45) is 0 Å². The van der Waals surface area contributed by atoms with E-state index in [1.54, 1.807) is 13.8 Å². The van der Waals surface area contributed by atoms with Gasteiger partial charge in [-0.2, -0.15) is 0 Å². The average Bonchev–Trinajstić information content (AvgIpc) is 2.21. The number of hydrogen-bond donors (Lipinski definition) is 3. The van der Waals surface area contributed by atoms with Gasteiger partial charge >= 0.3 is 0 Å². The first-order valence-electron chi connectivity index (χ1n) is 5.13. The molecule has 1 heterocycles. The molecule has 0 unspecified atom stereocenters. The average molecular weight is 236 g/mol. The van der Waals surface area contributed by atoms with E-state index in [4.69, 9.17) is 4.42 Å². The second-order valence-corrected chi connectivity index (χ2v) is 4.14. The number of hydrogen-bond acceptors (Lipinski definition) is 5. The van der Waals surface area contributed by atoms with Gasteiger partial charge in [-0.3, -0.25) is 4.79 Å². The second-order valence-electron chi connectivity index (χ2n) is 4.14. The van der Waals surface area contributed by atoms with Crippen LogP contribution in [0, 0.1) is 0 Å². The summed E-state index contributed by atoms with van der Waals surface area (Å²) in [7, 11) is 0. The zero-order chi connectivity index (χ0) is 12.7. The summed E-state index contributed by atoms with van der Waals surface area (Å²) < 4.78 is 5.33. The Balaban J connectivity index is 2.96. The lowest BCUT2D eigenvalue weighted by molar-refractivity contribution is 0.401. The molecule has 0 atom stereocenters. The van der Waals surface area contributed by atoms with Gasteiger partial charge in [0.25, 0.3) is 0 Å². The molecule has 2 rings (SSSR count). The maximum absolute atomic E-state index is 11.8. The Kier molecular flexibility index (Phi) is 2.46. The summed E-state index contributed by atoms with van der Waals surface area (Å²) in [6.07, 6.45) is 0. The summed E-state index contributed by atoms with van der Waals surface area (Å²) in [6, 6.07) is 2.25. The topological polar surface area (TPSA) is 90.9 Å². The lowest BCUT2D eigenvalue weighted by atomic mass is 10.1. The van der Waals surface area contributed by atoms with Crippen LogP contribution in [0.3, 0.4) is 0 Å². The van der Waals surface area contributed by atoms with Crippen LogP contribution in [0.25, 0.3) is 11.0 Å². The fraction of sp³-hybridized carbons (Fsp3) is 0.250. The molecular weight excluding hydrogens is 224 g/mol. The quantitative estimate of drug-likeness (QED) is 0.704. The highest BCUT2D eigenvalue weighted by atomic mass is 16.4. The van der Waals surface area contributed by atoms with E-state index in [1.807, 2.05) is 0 Å². The van der Waals surface area contributed by atoms with Crippen molar-refractivity contribution >= 4 is 11.0 Å². The molecule has 0 saturated carbocycles. The predicted octanol–water partition coefficient (Wildman–Crippen LogP) is 2.03. The molecule has 2 aromatic rings. The van der Waals surface area contributed by atoms with E-state index in [0.717, 1.165) is 6.07 Å². The normalized spacial score (nSPS) is 11.2. The summed E-state index contributed by atoms with van der Waals surface area (Å²) in [4.78, 5) is 11.8. The molecule has 0 bridgehead atoms. The number of fused-ring (bicyclic) bond motifs is 1. The molecule has 3 N–H and O–H groups in total. The van der Waals surface area contributed by atoms with Gasteiger partial charge in [0.15, 0.2) is 5.76 Å². The highest BCUT2D eigenvalue weighted by Crippen LogP contribution is 2.32. The number of benzene rings is 1. The molecule has 90 valence electrons. The Morgan fingerprint density at radius 3 is 2.41 bits per heavy atom. The van der Waals surface area contributed by atoms with Crippen LogP contribution in [0.2, 0.25) is 0 Å². The van der Waals surface area contributed by atoms with Crippen LogP contribution in [-0.2, 0) is 0 Å². The van der Waals surface area contributed by atoms with Gasteiger partial charge in [-0.25, -0.2) is 0 Å². The van der Waals surface area contributed by atoms with Crippen molar-refractivity contribution in [2.75, 3.05) is 0 Å². The van der Waals surface area contributed by atoms with Crippen LogP contribution in [0.1, 0.15) is 25.5 Å². The van der Waals surface area contributed by atoms with E-state index in [0.29, 0.717) is 0 Å². The van der Waals surface area contributed by atoms with Gasteiger partial charge in [0, 0.05) is 18.1 Å². The summed E-state index contributed by atoms with van der Waals surface area (Å²) in [6.45, 7) is 3.51. The van der Waals surface area contributed by atoms with E-state index in [-0.39, 0.29) is 28.4 Å². The Morgan fingerprint density at radius 1 is 1.18 bits per heavy atom. The van der Waals surface area contributed by atoms with Crippen LogP contribution >= 0.6 is 0 Å². The molecule has 1 aromatic carbocycles. The lowest BCUT2D eigenvalue weighted by Gasteiger charge is -2.09. The minimum Gasteiger partial charge on any atom is -0.508 e. The van der Waals surface area contributed by atoms with E-state index in [2.05, 4.69) is 0 Å². The largest absolute Gasteiger partial charge is 0.508 e. The molecule has 0 aliphatic heterocycles. The zero-order valence-electron chi connectivity index (χ0n) is 9.39. The third-order valence-corrected chi connectivity index (χ3v) is 2.49. The number of phenolic OH excluding ortho intramolecular Hbond substituents is 2. The summed E-state index contributed by atoms with van der Waals surface area (Å²) >= 11 is 0. The van der Waals surface area contributed by atoms with Gasteiger partial charge < -0.3 is 19.7 Å². The van der Waals surface area contributed by atoms with Crippen molar-refractivity contribution < 1.29 is 19.7 Å². The first kappa shape index (κ1) is 11.3. The molecule has 0 fully saturated rings. The van der Waals surface area contributed by atoms with Crippen LogP contribution in [-0.4, -0.2) is 15.3 Å². The van der Waals surface area contributed by atoms with Crippen molar-refractivity contribution in [3.63, 3.8) is 0 Å². The molecule has 5 heteroatoms. The molecule has 0 aliphatic rings. The Bertz CT molecular complexity index is 639. The van der Waals surface area contributed by atoms with Gasteiger partial charge in [-0.05, 0) is 0 Å². The predicted molar refractivity (Wildman–Crippen MR) is 61.6 cm³/mol. The van der Waals surface area contributed by atoms with E-state index in [9.17, 15) is 20.1 Å². The van der Waals surface area contributed by atoms with Crippen molar-refractivity contribution in [2.45, 2.75) is 19.8 Å². The van der Waals surface area contributed by atoms with Gasteiger partial charge in [-0.15, -0.1) is 0 Å². The maximum Gasteiger partial charge on any atom is 0.238 e. The van der Waals surface area contributed by atoms with Crippen molar-refractivity contribution in [3.05, 3.63) is 28.1 Å². The Hall–Kier alpha value is -2.17. The van der Waals surface area contributed by atoms with Crippen LogP contribution in [0.5, 0.6) is 17.2 Å². The molecule has 1 aromatic heterocycles. The van der Waals surface area contributed by atoms with Crippen LogP contribution in [0.15, 0.2) is 21.3 Å². The summed E-state index contributed by atoms with van der Waals surface area (Å²) in [5.74, 6) is -1.18. The van der Waals surface area contributed by atoms with Crippen LogP contribution in [0.4, 0.5) is 0 Å². The minimum absolute atomic E-state index is 0.0500. The molecule has 0 saturated heterocycles. The standard InChI is InChI=1S/C12H12O5/c1-5(2)12-11(16)10(15)9-7(14)3-6(13)4-8(9)17-12/h3-5,13-14,16H,1-2H3. The molecule has 0 amide bonds. The first-order valence-corrected chi connectivity index (χ1v) is 5.13. The van der Waals surface area contributed by atoms with E-state index < -0.39 is 16.9 Å². The molecule has 0 radical (unpaired) electrons. The molecule has 17 heavy (non-hydrogen) atoms. The van der Waals surface area contributed by atoms with E-state index in [1.165, 1.54) is 6.07 Å². The fourth-order valence-electron chi connectivity index (χ4n) is 1.68. The Labute approximate surface area is 96.6 Å². The second kappa shape index (κ2) is 3.69. The van der Waals surface area contributed by atoms with Crippen molar-refractivity contribution in [3.8, 4) is 17.2 Å². The molecule has 0 aliphatic carbocycles. The highest BCUT2D eigenvalue weighted by molar-refractivity contribution is 5.85. The van der Waals surface area contributed by atoms with Gasteiger partial charge in [0.05, 0.1) is 0 Å².